The number of aliphatic hydroxyl groups is 1. The average Bonchev–Trinajstić information content (AvgIpc) is 2.32. The molecule has 0 saturated heterocycles. The molecule has 1 aliphatic heterocycles. The number of para-hydroxylation sites is 1. The molecule has 4 nitrogen and oxygen atoms in total. The topological polar surface area (TPSA) is 52.6 Å². The molecule has 0 aromatic heterocycles. The highest BCUT2D eigenvalue weighted by Crippen LogP contribution is 2.33. The minimum atomic E-state index is -0.406. The summed E-state index contributed by atoms with van der Waals surface area (Å²) in [4.78, 5) is 13.5. The Morgan fingerprint density at radius 1 is 1.53 bits per heavy atom. The molecule has 1 heterocycles. The average molecular weight is 234 g/mol. The zero-order valence-electron chi connectivity index (χ0n) is 10.2. The highest BCUT2D eigenvalue weighted by molar-refractivity contribution is 5.96. The van der Waals surface area contributed by atoms with Crippen LogP contribution in [0.4, 0.5) is 5.69 Å². The van der Waals surface area contributed by atoms with Crippen molar-refractivity contribution in [3.05, 3.63) is 29.8 Å². The molecule has 0 radical (unpaired) electrons. The lowest BCUT2D eigenvalue weighted by molar-refractivity contribution is -0.119. The number of anilines is 1. The number of carbonyl (C=O) groups excluding carboxylic acids is 1. The number of nitrogens with one attached hydrogen (secondary N) is 1. The lowest BCUT2D eigenvalue weighted by Gasteiger charge is -2.32. The Morgan fingerprint density at radius 3 is 2.94 bits per heavy atom. The van der Waals surface area contributed by atoms with Gasteiger partial charge in [-0.3, -0.25) is 4.79 Å². The first-order valence-corrected chi connectivity index (χ1v) is 5.86. The van der Waals surface area contributed by atoms with E-state index in [-0.39, 0.29) is 11.9 Å². The van der Waals surface area contributed by atoms with Gasteiger partial charge in [-0.15, -0.1) is 0 Å². The van der Waals surface area contributed by atoms with Gasteiger partial charge in [-0.05, 0) is 18.6 Å². The zero-order valence-corrected chi connectivity index (χ0v) is 10.2. The Bertz CT molecular complexity index is 418. The maximum Gasteiger partial charge on any atom is 0.228 e. The van der Waals surface area contributed by atoms with Crippen molar-refractivity contribution < 1.29 is 9.90 Å². The van der Waals surface area contributed by atoms with E-state index in [0.717, 1.165) is 11.3 Å². The molecule has 2 atom stereocenters. The summed E-state index contributed by atoms with van der Waals surface area (Å²) >= 11 is 0. The van der Waals surface area contributed by atoms with Crippen LogP contribution < -0.4 is 10.2 Å². The SMILES string of the molecule is CC(O)CNC1CC(=O)N(C)c2ccccc21. The fourth-order valence-corrected chi connectivity index (χ4v) is 2.14. The van der Waals surface area contributed by atoms with E-state index in [1.807, 2.05) is 24.3 Å². The second kappa shape index (κ2) is 4.85. The third-order valence-electron chi connectivity index (χ3n) is 3.09. The van der Waals surface area contributed by atoms with Gasteiger partial charge in [0.25, 0.3) is 0 Å². The van der Waals surface area contributed by atoms with Crippen molar-refractivity contribution in [2.45, 2.75) is 25.5 Å². The predicted molar refractivity (Wildman–Crippen MR) is 66.9 cm³/mol. The fourth-order valence-electron chi connectivity index (χ4n) is 2.14. The quantitative estimate of drug-likeness (QED) is 0.822. The summed E-state index contributed by atoms with van der Waals surface area (Å²) < 4.78 is 0. The summed E-state index contributed by atoms with van der Waals surface area (Å²) in [5, 5.41) is 12.5. The van der Waals surface area contributed by atoms with Crippen LogP contribution in [0.3, 0.4) is 0 Å². The molecule has 0 fully saturated rings. The number of amides is 1. The van der Waals surface area contributed by atoms with Crippen molar-refractivity contribution in [1.29, 1.82) is 0 Å². The van der Waals surface area contributed by atoms with Gasteiger partial charge in [-0.2, -0.15) is 0 Å². The Labute approximate surface area is 101 Å². The lowest BCUT2D eigenvalue weighted by atomic mass is 9.96. The number of carbonyl (C=O) groups is 1. The second-order valence-corrected chi connectivity index (χ2v) is 4.53. The normalized spacial score (nSPS) is 21.2. The fraction of sp³-hybridized carbons (Fsp3) is 0.462. The number of aliphatic hydroxyl groups excluding tert-OH is 1. The van der Waals surface area contributed by atoms with Crippen molar-refractivity contribution in [3.8, 4) is 0 Å². The van der Waals surface area contributed by atoms with Crippen molar-refractivity contribution in [2.24, 2.45) is 0 Å². The largest absolute Gasteiger partial charge is 0.392 e. The van der Waals surface area contributed by atoms with Gasteiger partial charge in [0.05, 0.1) is 6.10 Å². The van der Waals surface area contributed by atoms with Crippen LogP contribution in [0.1, 0.15) is 24.9 Å². The van der Waals surface area contributed by atoms with Crippen molar-refractivity contribution in [1.82, 2.24) is 5.32 Å². The Morgan fingerprint density at radius 2 is 2.24 bits per heavy atom. The molecule has 4 heteroatoms. The standard InChI is InChI=1S/C13H18N2O2/c1-9(16)8-14-11-7-13(17)15(2)12-6-4-3-5-10(11)12/h3-6,9,11,14,16H,7-8H2,1-2H3. The summed E-state index contributed by atoms with van der Waals surface area (Å²) in [6.07, 6.45) is 0.0390. The summed E-state index contributed by atoms with van der Waals surface area (Å²) in [5.74, 6) is 0.104. The van der Waals surface area contributed by atoms with Crippen molar-refractivity contribution in [2.75, 3.05) is 18.5 Å². The minimum absolute atomic E-state index is 0.00417. The molecule has 17 heavy (non-hydrogen) atoms. The summed E-state index contributed by atoms with van der Waals surface area (Å²) in [7, 11) is 1.80. The molecule has 0 saturated carbocycles. The van der Waals surface area contributed by atoms with Gasteiger partial charge in [-0.25, -0.2) is 0 Å². The van der Waals surface area contributed by atoms with Gasteiger partial charge in [0.2, 0.25) is 5.91 Å². The van der Waals surface area contributed by atoms with Crippen LogP contribution in [0.2, 0.25) is 0 Å². The number of hydrogen-bond acceptors (Lipinski definition) is 3. The number of hydrogen-bond donors (Lipinski definition) is 2. The minimum Gasteiger partial charge on any atom is -0.392 e. The number of fused-ring (bicyclic) bond motifs is 1. The molecule has 1 amide bonds. The Kier molecular flexibility index (Phi) is 3.45. The van der Waals surface area contributed by atoms with E-state index in [2.05, 4.69) is 5.32 Å². The highest BCUT2D eigenvalue weighted by Gasteiger charge is 2.28. The molecular formula is C13H18N2O2. The van der Waals surface area contributed by atoms with Crippen LogP contribution in [-0.4, -0.2) is 30.7 Å². The van der Waals surface area contributed by atoms with E-state index in [9.17, 15) is 9.90 Å². The Balaban J connectivity index is 2.24. The van der Waals surface area contributed by atoms with E-state index >= 15 is 0 Å². The second-order valence-electron chi connectivity index (χ2n) is 4.53. The summed E-state index contributed by atoms with van der Waals surface area (Å²) in [5.41, 5.74) is 2.07. The maximum atomic E-state index is 11.8. The first kappa shape index (κ1) is 12.1. The van der Waals surface area contributed by atoms with E-state index in [0.29, 0.717) is 13.0 Å². The Hall–Kier alpha value is -1.39. The summed E-state index contributed by atoms with van der Waals surface area (Å²) in [6.45, 7) is 2.23. The van der Waals surface area contributed by atoms with Crippen LogP contribution in [0.5, 0.6) is 0 Å². The molecule has 0 spiro atoms. The van der Waals surface area contributed by atoms with Crippen LogP contribution in [-0.2, 0) is 4.79 Å². The van der Waals surface area contributed by atoms with E-state index in [1.165, 1.54) is 0 Å². The van der Waals surface area contributed by atoms with Gasteiger partial charge in [0, 0.05) is 31.7 Å². The van der Waals surface area contributed by atoms with Gasteiger partial charge in [0.15, 0.2) is 0 Å². The van der Waals surface area contributed by atoms with Crippen molar-refractivity contribution >= 4 is 11.6 Å². The molecule has 92 valence electrons. The van der Waals surface area contributed by atoms with Crippen LogP contribution in [0.15, 0.2) is 24.3 Å². The van der Waals surface area contributed by atoms with Gasteiger partial charge in [0.1, 0.15) is 0 Å². The molecule has 0 aliphatic carbocycles. The lowest BCUT2D eigenvalue weighted by Crippen LogP contribution is -2.39. The first-order chi connectivity index (χ1) is 8.09. The van der Waals surface area contributed by atoms with E-state index in [4.69, 9.17) is 0 Å². The van der Waals surface area contributed by atoms with E-state index in [1.54, 1.807) is 18.9 Å². The van der Waals surface area contributed by atoms with Gasteiger partial charge in [-0.1, -0.05) is 18.2 Å². The third-order valence-corrected chi connectivity index (χ3v) is 3.09. The molecule has 2 rings (SSSR count). The predicted octanol–water partition coefficient (Wildman–Crippen LogP) is 1.06. The van der Waals surface area contributed by atoms with Crippen LogP contribution >= 0.6 is 0 Å². The number of nitrogens with zero attached hydrogens (tertiary/aromatic N) is 1. The first-order valence-electron chi connectivity index (χ1n) is 5.86. The number of rotatable bonds is 3. The summed E-state index contributed by atoms with van der Waals surface area (Å²) in [6, 6.07) is 7.88. The van der Waals surface area contributed by atoms with Crippen LogP contribution in [0, 0.1) is 0 Å². The third kappa shape index (κ3) is 2.48. The molecule has 1 aromatic rings. The van der Waals surface area contributed by atoms with Gasteiger partial charge < -0.3 is 15.3 Å². The molecule has 0 bridgehead atoms. The van der Waals surface area contributed by atoms with Crippen molar-refractivity contribution in [3.63, 3.8) is 0 Å². The smallest absolute Gasteiger partial charge is 0.228 e. The molecule has 1 aliphatic rings. The molecule has 2 unspecified atom stereocenters. The monoisotopic (exact) mass is 234 g/mol. The number of benzene rings is 1. The molecular weight excluding hydrogens is 216 g/mol. The van der Waals surface area contributed by atoms with Crippen LogP contribution in [0.25, 0.3) is 0 Å². The van der Waals surface area contributed by atoms with E-state index < -0.39 is 6.10 Å². The maximum absolute atomic E-state index is 11.8. The molecule has 2 N–H and O–H groups in total. The highest BCUT2D eigenvalue weighted by atomic mass is 16.3. The zero-order chi connectivity index (χ0) is 12.4. The molecule has 1 aromatic carbocycles. The van der Waals surface area contributed by atoms with Gasteiger partial charge >= 0.3 is 0 Å².